The quantitative estimate of drug-likeness (QED) is 0.442. The molecular formula is C15H24N2O6S. The molecule has 0 saturated heterocycles. The third-order valence-electron chi connectivity index (χ3n) is 3.58. The Morgan fingerprint density at radius 2 is 1.88 bits per heavy atom. The predicted molar refractivity (Wildman–Crippen MR) is 87.2 cm³/mol. The van der Waals surface area contributed by atoms with Crippen LogP contribution < -0.4 is 10.2 Å². The van der Waals surface area contributed by atoms with E-state index in [0.29, 0.717) is 12.2 Å². The van der Waals surface area contributed by atoms with E-state index in [4.69, 9.17) is 9.94 Å². The number of hydrogen-bond donors (Lipinski definition) is 3. The van der Waals surface area contributed by atoms with Crippen LogP contribution in [0.4, 0.5) is 0 Å². The van der Waals surface area contributed by atoms with E-state index < -0.39 is 28.1 Å². The lowest BCUT2D eigenvalue weighted by Gasteiger charge is -2.31. The third-order valence-corrected chi connectivity index (χ3v) is 5.48. The van der Waals surface area contributed by atoms with Gasteiger partial charge in [-0.25, -0.2) is 13.9 Å². The lowest BCUT2D eigenvalue weighted by atomic mass is 10.1. The highest BCUT2D eigenvalue weighted by molar-refractivity contribution is 7.89. The number of benzene rings is 1. The smallest absolute Gasteiger partial charge is 0.264 e. The summed E-state index contributed by atoms with van der Waals surface area (Å²) in [5.41, 5.74) is 1.44. The summed E-state index contributed by atoms with van der Waals surface area (Å²) < 4.78 is 31.7. The van der Waals surface area contributed by atoms with Gasteiger partial charge in [0.25, 0.3) is 5.91 Å². The fourth-order valence-electron chi connectivity index (χ4n) is 2.30. The van der Waals surface area contributed by atoms with Gasteiger partial charge in [0.05, 0.1) is 18.1 Å². The van der Waals surface area contributed by atoms with Gasteiger partial charge in [-0.3, -0.25) is 10.0 Å². The Balaban J connectivity index is 3.34. The Labute approximate surface area is 142 Å². The number of carbonyl (C=O) groups excluding carboxylic acids is 1. The normalized spacial score (nSPS) is 14.2. The zero-order valence-electron chi connectivity index (χ0n) is 14.0. The van der Waals surface area contributed by atoms with Crippen molar-refractivity contribution in [2.75, 3.05) is 13.7 Å². The Morgan fingerprint density at radius 1 is 1.29 bits per heavy atom. The number of sulfonamides is 1. The van der Waals surface area contributed by atoms with Crippen molar-refractivity contribution in [3.05, 3.63) is 24.3 Å². The molecule has 2 unspecified atom stereocenters. The number of carbonyl (C=O) groups is 1. The van der Waals surface area contributed by atoms with E-state index in [-0.39, 0.29) is 17.9 Å². The highest BCUT2D eigenvalue weighted by atomic mass is 32.2. The van der Waals surface area contributed by atoms with Gasteiger partial charge in [0.15, 0.2) is 0 Å². The number of hydroxylamine groups is 1. The van der Waals surface area contributed by atoms with Crippen molar-refractivity contribution in [3.63, 3.8) is 0 Å². The summed E-state index contributed by atoms with van der Waals surface area (Å²) >= 11 is 0. The first kappa shape index (κ1) is 20.4. The molecule has 136 valence electrons. The average molecular weight is 360 g/mol. The fraction of sp³-hybridized carbons (Fsp3) is 0.533. The molecule has 8 nitrogen and oxygen atoms in total. The molecule has 3 N–H and O–H groups in total. The number of hydrogen-bond acceptors (Lipinski definition) is 6. The van der Waals surface area contributed by atoms with Crippen LogP contribution in [0.2, 0.25) is 0 Å². The Kier molecular flexibility index (Phi) is 7.61. The molecule has 0 aliphatic heterocycles. The van der Waals surface area contributed by atoms with Crippen LogP contribution in [0.5, 0.6) is 5.75 Å². The highest BCUT2D eigenvalue weighted by Crippen LogP contribution is 2.23. The maximum absolute atomic E-state index is 12.9. The zero-order valence-corrected chi connectivity index (χ0v) is 14.8. The summed E-state index contributed by atoms with van der Waals surface area (Å²) in [7, 11) is -2.59. The van der Waals surface area contributed by atoms with Crippen LogP contribution >= 0.6 is 0 Å². The molecule has 0 aliphatic rings. The van der Waals surface area contributed by atoms with E-state index in [1.165, 1.54) is 36.9 Å². The van der Waals surface area contributed by atoms with Crippen LogP contribution in [0.15, 0.2) is 29.2 Å². The summed E-state index contributed by atoms with van der Waals surface area (Å²) in [6.07, 6.45) is -0.672. The first-order chi connectivity index (χ1) is 11.3. The number of ether oxygens (including phenoxy) is 1. The Hall–Kier alpha value is -1.68. The molecule has 9 heteroatoms. The number of nitrogens with one attached hydrogen (secondary N) is 1. The van der Waals surface area contributed by atoms with Gasteiger partial charge in [-0.05, 0) is 37.1 Å². The third kappa shape index (κ3) is 4.44. The molecule has 0 fully saturated rings. The van der Waals surface area contributed by atoms with Crippen LogP contribution in [-0.4, -0.2) is 54.7 Å². The van der Waals surface area contributed by atoms with Crippen LogP contribution in [0, 0.1) is 0 Å². The van der Waals surface area contributed by atoms with Crippen molar-refractivity contribution in [1.82, 2.24) is 9.79 Å². The summed E-state index contributed by atoms with van der Waals surface area (Å²) in [6.45, 7) is 3.39. The minimum absolute atomic E-state index is 0.0174. The van der Waals surface area contributed by atoms with Gasteiger partial charge in [-0.15, -0.1) is 0 Å². The molecule has 0 bridgehead atoms. The summed E-state index contributed by atoms with van der Waals surface area (Å²) in [5, 5.41) is 19.0. The van der Waals surface area contributed by atoms with Crippen molar-refractivity contribution in [3.8, 4) is 5.75 Å². The molecule has 0 saturated carbocycles. The molecule has 0 spiro atoms. The second-order valence-corrected chi connectivity index (χ2v) is 7.08. The number of rotatable bonds is 9. The Bertz CT molecular complexity index is 632. The second-order valence-electron chi connectivity index (χ2n) is 5.19. The molecular weight excluding hydrogens is 336 g/mol. The first-order valence-electron chi connectivity index (χ1n) is 7.61. The molecule has 0 heterocycles. The number of nitrogens with zero attached hydrogens (tertiary/aromatic N) is 1. The molecule has 1 aromatic carbocycles. The monoisotopic (exact) mass is 360 g/mol. The van der Waals surface area contributed by atoms with E-state index >= 15 is 0 Å². The number of amides is 1. The summed E-state index contributed by atoms with van der Waals surface area (Å²) in [4.78, 5) is 11.9. The molecule has 24 heavy (non-hydrogen) atoms. The van der Waals surface area contributed by atoms with Gasteiger partial charge in [-0.2, -0.15) is 4.31 Å². The van der Waals surface area contributed by atoms with Gasteiger partial charge in [0.2, 0.25) is 10.0 Å². The molecule has 2 atom stereocenters. The van der Waals surface area contributed by atoms with Gasteiger partial charge in [0.1, 0.15) is 11.8 Å². The number of methoxy groups -OCH3 is 1. The van der Waals surface area contributed by atoms with E-state index in [1.807, 2.05) is 0 Å². The minimum Gasteiger partial charge on any atom is -0.497 e. The van der Waals surface area contributed by atoms with Crippen LogP contribution in [0.25, 0.3) is 0 Å². The zero-order chi connectivity index (χ0) is 18.3. The molecule has 0 radical (unpaired) electrons. The molecule has 0 aromatic heterocycles. The Morgan fingerprint density at radius 3 is 2.29 bits per heavy atom. The maximum Gasteiger partial charge on any atom is 0.264 e. The second kappa shape index (κ2) is 8.97. The average Bonchev–Trinajstić information content (AvgIpc) is 2.60. The van der Waals surface area contributed by atoms with Gasteiger partial charge in [0, 0.05) is 6.54 Å². The summed E-state index contributed by atoms with van der Waals surface area (Å²) in [6, 6.07) is 4.29. The van der Waals surface area contributed by atoms with Gasteiger partial charge < -0.3 is 9.84 Å². The topological polar surface area (TPSA) is 116 Å². The number of aliphatic hydroxyl groups excluding tert-OH is 1. The molecule has 1 amide bonds. The van der Waals surface area contributed by atoms with E-state index in [0.717, 1.165) is 4.31 Å². The van der Waals surface area contributed by atoms with E-state index in [9.17, 15) is 18.3 Å². The van der Waals surface area contributed by atoms with Crippen LogP contribution in [-0.2, 0) is 14.8 Å². The standard InChI is InChI=1S/C15H24N2O6S/c1-4-10-17(14(13(18)5-2)15(19)16-20)24(21,22)12-8-6-11(23-3)7-9-12/h6-9,13-14,18,20H,4-5,10H2,1-3H3,(H,16,19). The molecule has 1 aromatic rings. The lowest BCUT2D eigenvalue weighted by Crippen LogP contribution is -2.55. The van der Waals surface area contributed by atoms with Crippen molar-refractivity contribution in [1.29, 1.82) is 0 Å². The minimum atomic E-state index is -4.05. The largest absolute Gasteiger partial charge is 0.497 e. The van der Waals surface area contributed by atoms with E-state index in [2.05, 4.69) is 0 Å². The van der Waals surface area contributed by atoms with Crippen LogP contribution in [0.3, 0.4) is 0 Å². The van der Waals surface area contributed by atoms with Gasteiger partial charge in [-0.1, -0.05) is 13.8 Å². The maximum atomic E-state index is 12.9. The van der Waals surface area contributed by atoms with Crippen molar-refractivity contribution >= 4 is 15.9 Å². The first-order valence-corrected chi connectivity index (χ1v) is 9.05. The predicted octanol–water partition coefficient (Wildman–Crippen LogP) is 0.741. The van der Waals surface area contributed by atoms with Gasteiger partial charge >= 0.3 is 0 Å². The summed E-state index contributed by atoms with van der Waals surface area (Å²) in [5.74, 6) is -0.482. The number of aliphatic hydroxyl groups is 1. The van der Waals surface area contributed by atoms with E-state index in [1.54, 1.807) is 13.8 Å². The fourth-order valence-corrected chi connectivity index (χ4v) is 4.01. The SMILES string of the molecule is CCCN(C(C(=O)NO)C(O)CC)S(=O)(=O)c1ccc(OC)cc1. The van der Waals surface area contributed by atoms with Crippen molar-refractivity contribution in [2.45, 2.75) is 43.7 Å². The molecule has 1 rings (SSSR count). The molecule has 0 aliphatic carbocycles. The van der Waals surface area contributed by atoms with Crippen molar-refractivity contribution in [2.24, 2.45) is 0 Å². The highest BCUT2D eigenvalue weighted by Gasteiger charge is 2.39. The van der Waals surface area contributed by atoms with Crippen LogP contribution in [0.1, 0.15) is 26.7 Å². The van der Waals surface area contributed by atoms with Crippen molar-refractivity contribution < 1.29 is 28.3 Å². The lowest BCUT2D eigenvalue weighted by molar-refractivity contribution is -0.136.